The maximum Gasteiger partial charge on any atom is 0.136 e. The van der Waals surface area contributed by atoms with Crippen LogP contribution in [-0.4, -0.2) is 4.57 Å². The van der Waals surface area contributed by atoms with Crippen molar-refractivity contribution in [1.82, 2.24) is 4.57 Å². The summed E-state index contributed by atoms with van der Waals surface area (Å²) in [6, 6.07) is 60.3. The van der Waals surface area contributed by atoms with E-state index in [1.54, 1.807) is 0 Å². The monoisotopic (exact) mass is 640 g/mol. The molecule has 0 aliphatic carbocycles. The van der Waals surface area contributed by atoms with E-state index in [1.165, 1.54) is 21.8 Å². The van der Waals surface area contributed by atoms with E-state index >= 15 is 0 Å². The van der Waals surface area contributed by atoms with Gasteiger partial charge in [0.25, 0.3) is 0 Å². The van der Waals surface area contributed by atoms with Crippen molar-refractivity contribution in [3.05, 3.63) is 170 Å². The number of hydrogen-bond donors (Lipinski definition) is 0. The molecule has 4 heteroatoms. The molecule has 0 saturated heterocycles. The maximum atomic E-state index is 6.25. The summed E-state index contributed by atoms with van der Waals surface area (Å²) in [4.78, 5) is 2.37. The number of hydrogen-bond acceptors (Lipinski definition) is 3. The first-order chi connectivity index (χ1) is 24.8. The van der Waals surface area contributed by atoms with Gasteiger partial charge < -0.3 is 18.3 Å². The number of rotatable bonds is 4. The summed E-state index contributed by atoms with van der Waals surface area (Å²) in [5.74, 6) is 0. The summed E-state index contributed by atoms with van der Waals surface area (Å²) >= 11 is 0. The summed E-state index contributed by atoms with van der Waals surface area (Å²) in [6.07, 6.45) is 0. The van der Waals surface area contributed by atoms with Crippen molar-refractivity contribution in [2.45, 2.75) is 0 Å². The third-order valence-corrected chi connectivity index (χ3v) is 10.1. The van der Waals surface area contributed by atoms with Gasteiger partial charge in [-0.1, -0.05) is 78.9 Å². The maximum absolute atomic E-state index is 6.25. The highest BCUT2D eigenvalue weighted by Crippen LogP contribution is 2.43. The fraction of sp³-hybridized carbons (Fsp3) is 0. The van der Waals surface area contributed by atoms with Crippen LogP contribution in [0.4, 0.5) is 17.1 Å². The van der Waals surface area contributed by atoms with Gasteiger partial charge in [0.15, 0.2) is 0 Å². The van der Waals surface area contributed by atoms with Gasteiger partial charge in [-0.2, -0.15) is 0 Å². The van der Waals surface area contributed by atoms with Gasteiger partial charge in [0.1, 0.15) is 22.3 Å². The molecule has 0 saturated carbocycles. The Morgan fingerprint density at radius 2 is 0.900 bits per heavy atom. The van der Waals surface area contributed by atoms with Crippen LogP contribution in [0.15, 0.2) is 179 Å². The second-order valence-electron chi connectivity index (χ2n) is 13.0. The molecule has 8 aromatic carbocycles. The molecule has 0 N–H and O–H groups in total. The molecule has 50 heavy (non-hydrogen) atoms. The van der Waals surface area contributed by atoms with Crippen molar-refractivity contribution < 1.29 is 8.83 Å². The fourth-order valence-electron chi connectivity index (χ4n) is 7.85. The third-order valence-electron chi connectivity index (χ3n) is 10.1. The van der Waals surface area contributed by atoms with Gasteiger partial charge in [0.2, 0.25) is 0 Å². The Kier molecular flexibility index (Phi) is 5.63. The molecule has 0 fully saturated rings. The van der Waals surface area contributed by atoms with Crippen molar-refractivity contribution in [2.24, 2.45) is 0 Å². The summed E-state index contributed by atoms with van der Waals surface area (Å²) in [6.45, 7) is 0. The van der Waals surface area contributed by atoms with E-state index < -0.39 is 0 Å². The summed E-state index contributed by atoms with van der Waals surface area (Å²) in [5, 5.41) is 9.17. The Hall–Kier alpha value is -6.78. The summed E-state index contributed by atoms with van der Waals surface area (Å²) in [7, 11) is 0. The molecule has 0 aliphatic rings. The zero-order valence-electron chi connectivity index (χ0n) is 26.9. The molecule has 11 aromatic rings. The number of para-hydroxylation sites is 4. The van der Waals surface area contributed by atoms with Gasteiger partial charge in [-0.05, 0) is 102 Å². The fourth-order valence-corrected chi connectivity index (χ4v) is 7.85. The van der Waals surface area contributed by atoms with Crippen molar-refractivity contribution >= 4 is 93.5 Å². The number of aromatic nitrogens is 1. The number of nitrogens with zero attached hydrogens (tertiary/aromatic N) is 2. The van der Waals surface area contributed by atoms with E-state index in [-0.39, 0.29) is 0 Å². The Labute approximate surface area is 286 Å². The van der Waals surface area contributed by atoms with Crippen LogP contribution in [0.3, 0.4) is 0 Å². The Morgan fingerprint density at radius 1 is 0.340 bits per heavy atom. The molecule has 0 unspecified atom stereocenters. The normalized spacial score (nSPS) is 12.0. The van der Waals surface area contributed by atoms with Crippen LogP contribution in [0, 0.1) is 0 Å². The van der Waals surface area contributed by atoms with Crippen LogP contribution < -0.4 is 4.90 Å². The molecular weight excluding hydrogens is 613 g/mol. The number of anilines is 3. The SMILES string of the molecule is c1ccc(-n2c3ccccc3c3cc(N(c4ccc5cc6oc7ccccc7c6cc5c4)c4ccc5oc6ccccc6c5c4)ccc32)cc1. The Bertz CT molecular complexity index is 3110. The van der Waals surface area contributed by atoms with E-state index in [0.717, 1.165) is 77.4 Å². The van der Waals surface area contributed by atoms with Crippen molar-refractivity contribution in [3.8, 4) is 5.69 Å². The van der Waals surface area contributed by atoms with Crippen LogP contribution in [0.1, 0.15) is 0 Å². The highest BCUT2D eigenvalue weighted by Gasteiger charge is 2.19. The molecule has 4 nitrogen and oxygen atoms in total. The minimum absolute atomic E-state index is 0.879. The average molecular weight is 641 g/mol. The third kappa shape index (κ3) is 3.99. The van der Waals surface area contributed by atoms with Gasteiger partial charge in [-0.15, -0.1) is 0 Å². The van der Waals surface area contributed by atoms with Crippen molar-refractivity contribution in [2.75, 3.05) is 4.90 Å². The lowest BCUT2D eigenvalue weighted by atomic mass is 10.0. The van der Waals surface area contributed by atoms with E-state index in [9.17, 15) is 0 Å². The minimum Gasteiger partial charge on any atom is -0.456 e. The number of furan rings is 2. The first kappa shape index (κ1) is 27.2. The van der Waals surface area contributed by atoms with Crippen LogP contribution in [-0.2, 0) is 0 Å². The zero-order chi connectivity index (χ0) is 32.8. The second kappa shape index (κ2) is 10.4. The lowest BCUT2D eigenvalue weighted by molar-refractivity contribution is 0.669. The molecule has 3 heterocycles. The first-order valence-electron chi connectivity index (χ1n) is 16.9. The van der Waals surface area contributed by atoms with Crippen LogP contribution in [0.2, 0.25) is 0 Å². The molecule has 3 aromatic heterocycles. The lowest BCUT2D eigenvalue weighted by Crippen LogP contribution is -2.10. The molecule has 0 radical (unpaired) electrons. The highest BCUT2D eigenvalue weighted by atomic mass is 16.3. The minimum atomic E-state index is 0.879. The number of fused-ring (bicyclic) bond motifs is 10. The summed E-state index contributed by atoms with van der Waals surface area (Å²) in [5.41, 5.74) is 10.3. The second-order valence-corrected chi connectivity index (χ2v) is 13.0. The van der Waals surface area contributed by atoms with Gasteiger partial charge >= 0.3 is 0 Å². The van der Waals surface area contributed by atoms with Gasteiger partial charge in [0.05, 0.1) is 11.0 Å². The Balaban J connectivity index is 1.17. The molecule has 0 bridgehead atoms. The van der Waals surface area contributed by atoms with E-state index in [4.69, 9.17) is 8.83 Å². The molecular formula is C46H28N2O2. The summed E-state index contributed by atoms with van der Waals surface area (Å²) < 4.78 is 14.8. The quantitative estimate of drug-likeness (QED) is 0.192. The van der Waals surface area contributed by atoms with Crippen molar-refractivity contribution in [3.63, 3.8) is 0 Å². The van der Waals surface area contributed by atoms with Crippen molar-refractivity contribution in [1.29, 1.82) is 0 Å². The zero-order valence-corrected chi connectivity index (χ0v) is 26.9. The van der Waals surface area contributed by atoms with E-state index in [0.29, 0.717) is 0 Å². The predicted molar refractivity (Wildman–Crippen MR) is 208 cm³/mol. The highest BCUT2D eigenvalue weighted by molar-refractivity contribution is 6.13. The molecule has 234 valence electrons. The number of benzene rings is 8. The largest absolute Gasteiger partial charge is 0.456 e. The van der Waals surface area contributed by atoms with E-state index in [2.05, 4.69) is 155 Å². The first-order valence-corrected chi connectivity index (χ1v) is 16.9. The smallest absolute Gasteiger partial charge is 0.136 e. The topological polar surface area (TPSA) is 34.5 Å². The molecule has 0 atom stereocenters. The van der Waals surface area contributed by atoms with Crippen LogP contribution in [0.5, 0.6) is 0 Å². The standard InChI is InChI=1S/C46H28N2O2/c1-2-10-31(11-3-1)48-41-15-7-4-12-35(41)38-27-33(20-22-42(38)48)47(34-21-23-45-40(28-34)37-14-6-8-16-43(37)49-45)32-19-18-29-26-46-39(25-30(29)24-32)36-13-5-9-17-44(36)50-46/h1-28H. The lowest BCUT2D eigenvalue weighted by Gasteiger charge is -2.26. The molecule has 0 spiro atoms. The predicted octanol–water partition coefficient (Wildman–Crippen LogP) is 13.2. The molecule has 11 rings (SSSR count). The van der Waals surface area contributed by atoms with Crippen LogP contribution in [0.25, 0.3) is 82.1 Å². The van der Waals surface area contributed by atoms with Gasteiger partial charge in [-0.3, -0.25) is 0 Å². The Morgan fingerprint density at radius 3 is 1.70 bits per heavy atom. The average Bonchev–Trinajstić information content (AvgIpc) is 3.83. The van der Waals surface area contributed by atoms with Gasteiger partial charge in [0, 0.05) is 55.1 Å². The molecule has 0 aliphatic heterocycles. The van der Waals surface area contributed by atoms with Crippen LogP contribution >= 0.6 is 0 Å². The van der Waals surface area contributed by atoms with Gasteiger partial charge in [-0.25, -0.2) is 0 Å². The van der Waals surface area contributed by atoms with E-state index in [1.807, 2.05) is 24.3 Å². The molecule has 0 amide bonds.